The molecule has 0 aliphatic carbocycles. The number of benzene rings is 1. The van der Waals surface area contributed by atoms with E-state index in [4.69, 9.17) is 5.26 Å². The van der Waals surface area contributed by atoms with E-state index < -0.39 is 0 Å². The fraction of sp³-hybridized carbons (Fsp3) is 0.316. The minimum absolute atomic E-state index is 0.244. The molecule has 2 heterocycles. The highest BCUT2D eigenvalue weighted by Gasteiger charge is 2.18. The summed E-state index contributed by atoms with van der Waals surface area (Å²) in [5.41, 5.74) is 2.65. The maximum Gasteiger partial charge on any atom is 0.274 e. The molecule has 1 amide bonds. The monoisotopic (exact) mass is 320 g/mol. The molecule has 0 saturated carbocycles. The molecule has 0 bridgehead atoms. The first-order chi connectivity index (χ1) is 11.7. The molecule has 1 aromatic carbocycles. The van der Waals surface area contributed by atoms with E-state index >= 15 is 0 Å². The van der Waals surface area contributed by atoms with Crippen LogP contribution < -0.4 is 10.2 Å². The van der Waals surface area contributed by atoms with Crippen LogP contribution in [-0.4, -0.2) is 24.0 Å². The normalized spacial score (nSPS) is 17.2. The molecular formula is C19H20N4O. The Morgan fingerprint density at radius 3 is 2.83 bits per heavy atom. The molecule has 0 radical (unpaired) electrons. The van der Waals surface area contributed by atoms with Crippen molar-refractivity contribution in [3.8, 4) is 6.07 Å². The quantitative estimate of drug-likeness (QED) is 0.940. The highest BCUT2D eigenvalue weighted by Crippen LogP contribution is 2.23. The van der Waals surface area contributed by atoms with E-state index in [2.05, 4.69) is 28.2 Å². The first-order valence-electron chi connectivity index (χ1n) is 8.18. The number of hydrogen-bond donors (Lipinski definition) is 1. The molecule has 1 atom stereocenters. The molecule has 1 N–H and O–H groups in total. The second-order valence-electron chi connectivity index (χ2n) is 6.24. The number of hydrogen-bond acceptors (Lipinski definition) is 4. The predicted molar refractivity (Wildman–Crippen MR) is 94.0 cm³/mol. The van der Waals surface area contributed by atoms with Crippen LogP contribution >= 0.6 is 0 Å². The minimum Gasteiger partial charge on any atom is -0.371 e. The number of aromatic nitrogens is 1. The summed E-state index contributed by atoms with van der Waals surface area (Å²) in [7, 11) is 0. The zero-order valence-corrected chi connectivity index (χ0v) is 13.7. The number of anilines is 2. The molecule has 1 aliphatic heterocycles. The molecule has 1 fully saturated rings. The molecule has 1 aliphatic rings. The summed E-state index contributed by atoms with van der Waals surface area (Å²) in [4.78, 5) is 18.9. The summed E-state index contributed by atoms with van der Waals surface area (Å²) in [6.07, 6.45) is 4.12. The molecule has 1 saturated heterocycles. The van der Waals surface area contributed by atoms with Crippen molar-refractivity contribution in [1.29, 1.82) is 5.26 Å². The minimum atomic E-state index is -0.244. The lowest BCUT2D eigenvalue weighted by Crippen LogP contribution is -2.34. The van der Waals surface area contributed by atoms with Crippen molar-refractivity contribution in [2.45, 2.75) is 19.8 Å². The lowest BCUT2D eigenvalue weighted by molar-refractivity contribution is 0.102. The topological polar surface area (TPSA) is 69.0 Å². The highest BCUT2D eigenvalue weighted by atomic mass is 16.1. The van der Waals surface area contributed by atoms with Gasteiger partial charge >= 0.3 is 0 Å². The van der Waals surface area contributed by atoms with Crippen LogP contribution in [0.2, 0.25) is 0 Å². The SMILES string of the molecule is CC1CCCN(c2ccnc(C(=O)Nc3ccc(C#N)cc3)c2)C1. The zero-order valence-electron chi connectivity index (χ0n) is 13.7. The molecule has 122 valence electrons. The standard InChI is InChI=1S/C19H20N4O/c1-14-3-2-10-23(13-14)17-8-9-21-18(11-17)19(24)22-16-6-4-15(12-20)5-7-16/h4-9,11,14H,2-3,10,13H2,1H3,(H,22,24). The molecule has 1 unspecified atom stereocenters. The van der Waals surface area contributed by atoms with Gasteiger partial charge in [0.05, 0.1) is 11.6 Å². The number of carbonyl (C=O) groups excluding carboxylic acids is 1. The van der Waals surface area contributed by atoms with Crippen LogP contribution in [0.4, 0.5) is 11.4 Å². The predicted octanol–water partition coefficient (Wildman–Crippen LogP) is 3.44. The third-order valence-electron chi connectivity index (χ3n) is 4.27. The lowest BCUT2D eigenvalue weighted by Gasteiger charge is -2.32. The van der Waals surface area contributed by atoms with Crippen LogP contribution in [0.3, 0.4) is 0 Å². The number of carbonyl (C=O) groups is 1. The summed E-state index contributed by atoms with van der Waals surface area (Å²) in [6.45, 7) is 4.29. The molecule has 5 nitrogen and oxygen atoms in total. The summed E-state index contributed by atoms with van der Waals surface area (Å²) in [5.74, 6) is 0.425. The van der Waals surface area contributed by atoms with E-state index in [9.17, 15) is 4.79 Å². The highest BCUT2D eigenvalue weighted by molar-refractivity contribution is 6.03. The van der Waals surface area contributed by atoms with Crippen LogP contribution in [0.1, 0.15) is 35.8 Å². The summed E-state index contributed by atoms with van der Waals surface area (Å²) < 4.78 is 0. The van der Waals surface area contributed by atoms with Gasteiger partial charge in [-0.05, 0) is 55.2 Å². The van der Waals surface area contributed by atoms with Gasteiger partial charge in [0.2, 0.25) is 0 Å². The van der Waals surface area contributed by atoms with Gasteiger partial charge in [-0.1, -0.05) is 6.92 Å². The number of pyridine rings is 1. The molecule has 5 heteroatoms. The number of amides is 1. The molecule has 1 aromatic heterocycles. The lowest BCUT2D eigenvalue weighted by atomic mass is 10.00. The van der Waals surface area contributed by atoms with Gasteiger partial charge in [-0.15, -0.1) is 0 Å². The van der Waals surface area contributed by atoms with Gasteiger partial charge in [-0.3, -0.25) is 9.78 Å². The van der Waals surface area contributed by atoms with Crippen molar-refractivity contribution in [1.82, 2.24) is 4.98 Å². The van der Waals surface area contributed by atoms with Crippen molar-refractivity contribution < 1.29 is 4.79 Å². The molecule has 3 rings (SSSR count). The smallest absolute Gasteiger partial charge is 0.274 e. The van der Waals surface area contributed by atoms with Crippen molar-refractivity contribution in [3.63, 3.8) is 0 Å². The first kappa shape index (κ1) is 16.0. The van der Waals surface area contributed by atoms with Crippen LogP contribution in [-0.2, 0) is 0 Å². The Hall–Kier alpha value is -2.87. The Morgan fingerprint density at radius 1 is 1.33 bits per heavy atom. The van der Waals surface area contributed by atoms with Gasteiger partial charge in [0.25, 0.3) is 5.91 Å². The van der Waals surface area contributed by atoms with E-state index in [1.807, 2.05) is 12.1 Å². The number of rotatable bonds is 3. The van der Waals surface area contributed by atoms with E-state index in [1.54, 1.807) is 30.5 Å². The Labute approximate surface area is 141 Å². The molecule has 24 heavy (non-hydrogen) atoms. The van der Waals surface area contributed by atoms with E-state index in [1.165, 1.54) is 12.8 Å². The van der Waals surface area contributed by atoms with E-state index in [0.717, 1.165) is 18.8 Å². The second-order valence-corrected chi connectivity index (χ2v) is 6.24. The van der Waals surface area contributed by atoms with Gasteiger partial charge in [0.1, 0.15) is 5.69 Å². The number of nitrogens with zero attached hydrogens (tertiary/aromatic N) is 3. The van der Waals surface area contributed by atoms with E-state index in [-0.39, 0.29) is 5.91 Å². The fourth-order valence-electron chi connectivity index (χ4n) is 2.99. The van der Waals surface area contributed by atoms with Crippen LogP contribution in [0, 0.1) is 17.2 Å². The third-order valence-corrected chi connectivity index (χ3v) is 4.27. The van der Waals surface area contributed by atoms with Crippen molar-refractivity contribution >= 4 is 17.3 Å². The van der Waals surface area contributed by atoms with Crippen LogP contribution in [0.5, 0.6) is 0 Å². The zero-order chi connectivity index (χ0) is 16.9. The average molecular weight is 320 g/mol. The Kier molecular flexibility index (Phi) is 4.76. The van der Waals surface area contributed by atoms with Gasteiger partial charge < -0.3 is 10.2 Å². The first-order valence-corrected chi connectivity index (χ1v) is 8.18. The Bertz CT molecular complexity index is 764. The van der Waals surface area contributed by atoms with Crippen LogP contribution in [0.15, 0.2) is 42.6 Å². The van der Waals surface area contributed by atoms with Gasteiger partial charge in [-0.25, -0.2) is 0 Å². The maximum absolute atomic E-state index is 12.4. The van der Waals surface area contributed by atoms with Crippen LogP contribution in [0.25, 0.3) is 0 Å². The van der Waals surface area contributed by atoms with Crippen molar-refractivity contribution in [3.05, 3.63) is 53.9 Å². The van der Waals surface area contributed by atoms with Gasteiger partial charge in [-0.2, -0.15) is 5.26 Å². The van der Waals surface area contributed by atoms with E-state index in [0.29, 0.717) is 22.9 Å². The average Bonchev–Trinajstić information content (AvgIpc) is 2.62. The largest absolute Gasteiger partial charge is 0.371 e. The molecule has 2 aromatic rings. The summed E-state index contributed by atoms with van der Waals surface area (Å²) in [6, 6.07) is 12.6. The second kappa shape index (κ2) is 7.14. The summed E-state index contributed by atoms with van der Waals surface area (Å²) >= 11 is 0. The maximum atomic E-state index is 12.4. The third kappa shape index (κ3) is 3.72. The molecular weight excluding hydrogens is 300 g/mol. The molecule has 0 spiro atoms. The Balaban J connectivity index is 1.72. The Morgan fingerprint density at radius 2 is 2.12 bits per heavy atom. The van der Waals surface area contributed by atoms with Gasteiger partial charge in [0.15, 0.2) is 0 Å². The van der Waals surface area contributed by atoms with Crippen molar-refractivity contribution in [2.24, 2.45) is 5.92 Å². The number of nitriles is 1. The number of nitrogens with one attached hydrogen (secondary N) is 1. The fourth-order valence-corrected chi connectivity index (χ4v) is 2.99. The summed E-state index contributed by atoms with van der Waals surface area (Å²) in [5, 5.41) is 11.6. The van der Waals surface area contributed by atoms with Gasteiger partial charge in [0, 0.05) is 30.7 Å². The number of piperidine rings is 1. The van der Waals surface area contributed by atoms with Crippen molar-refractivity contribution in [2.75, 3.05) is 23.3 Å².